The zero-order valence-electron chi connectivity index (χ0n) is 17.3. The van der Waals surface area contributed by atoms with Gasteiger partial charge in [-0.2, -0.15) is 0 Å². The Morgan fingerprint density at radius 3 is 2.65 bits per heavy atom. The topological polar surface area (TPSA) is 91.5 Å². The Hall–Kier alpha value is -2.91. The summed E-state index contributed by atoms with van der Waals surface area (Å²) in [7, 11) is 0. The van der Waals surface area contributed by atoms with Crippen LogP contribution in [0.4, 0.5) is 5.69 Å². The second-order valence-corrected chi connectivity index (χ2v) is 7.72. The monoisotopic (exact) mass is 488 g/mol. The molecule has 2 aromatic carbocycles. The number of non-ortho nitro benzene ring substituents is 1. The van der Waals surface area contributed by atoms with Crippen molar-refractivity contribution in [2.75, 3.05) is 13.2 Å². The number of nitro groups is 1. The van der Waals surface area contributed by atoms with Gasteiger partial charge in [0.1, 0.15) is 6.61 Å². The standard InChI is InChI=1S/C22H25BrN4O4/c1-2-30-21-12-18(14-24-8-3-10-26-11-9-25-16-26)20(23)13-22(21)31-15-17-4-6-19(7-5-17)27(28)29/h4-7,9,11-13,16,24H,2-3,8,10,14-15H2,1H3. The third-order valence-corrected chi connectivity index (χ3v) is 5.34. The first-order chi connectivity index (χ1) is 15.1. The van der Waals surface area contributed by atoms with E-state index >= 15 is 0 Å². The van der Waals surface area contributed by atoms with Gasteiger partial charge in [0, 0.05) is 42.1 Å². The molecule has 1 N–H and O–H groups in total. The number of rotatable bonds is 12. The predicted octanol–water partition coefficient (Wildman–Crippen LogP) is 4.71. The molecule has 0 saturated heterocycles. The highest BCUT2D eigenvalue weighted by Crippen LogP contribution is 2.34. The first-order valence-corrected chi connectivity index (χ1v) is 10.8. The number of hydrogen-bond acceptors (Lipinski definition) is 6. The van der Waals surface area contributed by atoms with Crippen LogP contribution < -0.4 is 14.8 Å². The van der Waals surface area contributed by atoms with Gasteiger partial charge in [0.2, 0.25) is 0 Å². The molecule has 0 atom stereocenters. The number of nitrogens with zero attached hydrogens (tertiary/aromatic N) is 3. The van der Waals surface area contributed by atoms with Crippen molar-refractivity contribution >= 4 is 21.6 Å². The van der Waals surface area contributed by atoms with Gasteiger partial charge >= 0.3 is 0 Å². The van der Waals surface area contributed by atoms with E-state index in [1.165, 1.54) is 12.1 Å². The minimum absolute atomic E-state index is 0.0587. The molecule has 1 aromatic heterocycles. The minimum Gasteiger partial charge on any atom is -0.490 e. The highest BCUT2D eigenvalue weighted by atomic mass is 79.9. The van der Waals surface area contributed by atoms with Crippen LogP contribution in [0.5, 0.6) is 11.5 Å². The molecule has 8 nitrogen and oxygen atoms in total. The van der Waals surface area contributed by atoms with Gasteiger partial charge in [-0.15, -0.1) is 0 Å². The Morgan fingerprint density at radius 1 is 1.19 bits per heavy atom. The van der Waals surface area contributed by atoms with Crippen LogP contribution in [0.25, 0.3) is 0 Å². The molecule has 0 spiro atoms. The summed E-state index contributed by atoms with van der Waals surface area (Å²) in [6.07, 6.45) is 6.56. The van der Waals surface area contributed by atoms with E-state index in [9.17, 15) is 10.1 Å². The molecule has 0 amide bonds. The molecule has 0 aliphatic heterocycles. The number of ether oxygens (including phenoxy) is 2. The number of halogens is 1. The number of hydrogen-bond donors (Lipinski definition) is 1. The third kappa shape index (κ3) is 6.80. The van der Waals surface area contributed by atoms with Gasteiger partial charge in [0.25, 0.3) is 5.69 Å². The van der Waals surface area contributed by atoms with Crippen molar-refractivity contribution in [2.45, 2.75) is 33.0 Å². The fourth-order valence-corrected chi connectivity index (χ4v) is 3.46. The summed E-state index contributed by atoms with van der Waals surface area (Å²) in [4.78, 5) is 14.4. The Labute approximate surface area is 189 Å². The molecule has 3 aromatic rings. The van der Waals surface area contributed by atoms with Crippen LogP contribution in [0, 0.1) is 10.1 Å². The van der Waals surface area contributed by atoms with Crippen LogP contribution in [-0.4, -0.2) is 27.6 Å². The van der Waals surface area contributed by atoms with Gasteiger partial charge in [0.15, 0.2) is 11.5 Å². The lowest BCUT2D eigenvalue weighted by Gasteiger charge is -2.15. The molecule has 0 aliphatic carbocycles. The van der Waals surface area contributed by atoms with E-state index in [1.54, 1.807) is 18.3 Å². The number of imidazole rings is 1. The lowest BCUT2D eigenvalue weighted by Crippen LogP contribution is -2.16. The van der Waals surface area contributed by atoms with E-state index in [0.717, 1.165) is 35.1 Å². The molecule has 0 saturated carbocycles. The predicted molar refractivity (Wildman–Crippen MR) is 121 cm³/mol. The van der Waals surface area contributed by atoms with Crippen molar-refractivity contribution in [2.24, 2.45) is 0 Å². The second-order valence-electron chi connectivity index (χ2n) is 6.87. The average Bonchev–Trinajstić information content (AvgIpc) is 3.28. The van der Waals surface area contributed by atoms with E-state index in [1.807, 2.05) is 31.6 Å². The molecular weight excluding hydrogens is 464 g/mol. The maximum absolute atomic E-state index is 10.8. The summed E-state index contributed by atoms with van der Waals surface area (Å²) >= 11 is 3.62. The van der Waals surface area contributed by atoms with Crippen molar-refractivity contribution in [1.82, 2.24) is 14.9 Å². The number of nitrogens with one attached hydrogen (secondary N) is 1. The zero-order valence-corrected chi connectivity index (χ0v) is 18.9. The van der Waals surface area contributed by atoms with Gasteiger partial charge in [-0.3, -0.25) is 10.1 Å². The maximum atomic E-state index is 10.8. The highest BCUT2D eigenvalue weighted by molar-refractivity contribution is 9.10. The quantitative estimate of drug-likeness (QED) is 0.225. The normalized spacial score (nSPS) is 10.8. The Morgan fingerprint density at radius 2 is 1.97 bits per heavy atom. The highest BCUT2D eigenvalue weighted by Gasteiger charge is 2.12. The molecule has 31 heavy (non-hydrogen) atoms. The zero-order chi connectivity index (χ0) is 22.1. The molecule has 0 bridgehead atoms. The summed E-state index contributed by atoms with van der Waals surface area (Å²) < 4.78 is 14.7. The SMILES string of the molecule is CCOc1cc(CNCCCn2ccnc2)c(Br)cc1OCc1ccc([N+](=O)[O-])cc1. The third-order valence-electron chi connectivity index (χ3n) is 4.60. The van der Waals surface area contributed by atoms with Crippen LogP contribution in [0.3, 0.4) is 0 Å². The molecule has 3 rings (SSSR count). The van der Waals surface area contributed by atoms with Crippen molar-refractivity contribution in [1.29, 1.82) is 0 Å². The van der Waals surface area contributed by atoms with Crippen LogP contribution in [0.2, 0.25) is 0 Å². The smallest absolute Gasteiger partial charge is 0.269 e. The van der Waals surface area contributed by atoms with Crippen molar-refractivity contribution in [3.63, 3.8) is 0 Å². The van der Waals surface area contributed by atoms with Gasteiger partial charge in [-0.1, -0.05) is 15.9 Å². The largest absolute Gasteiger partial charge is 0.490 e. The Balaban J connectivity index is 1.57. The van der Waals surface area contributed by atoms with Crippen molar-refractivity contribution in [3.05, 3.63) is 80.8 Å². The van der Waals surface area contributed by atoms with Crippen LogP contribution in [0.15, 0.2) is 59.6 Å². The summed E-state index contributed by atoms with van der Waals surface area (Å²) in [6, 6.07) is 10.2. The average molecular weight is 489 g/mol. The van der Waals surface area contributed by atoms with Gasteiger partial charge in [-0.05, 0) is 55.3 Å². The van der Waals surface area contributed by atoms with Gasteiger partial charge in [0.05, 0.1) is 17.9 Å². The molecule has 0 aliphatic rings. The van der Waals surface area contributed by atoms with E-state index < -0.39 is 4.92 Å². The molecule has 0 unspecified atom stereocenters. The van der Waals surface area contributed by atoms with E-state index in [-0.39, 0.29) is 12.3 Å². The molecule has 164 valence electrons. The second kappa shape index (κ2) is 11.5. The summed E-state index contributed by atoms with van der Waals surface area (Å²) in [5.74, 6) is 1.29. The minimum atomic E-state index is -0.417. The van der Waals surface area contributed by atoms with Gasteiger partial charge < -0.3 is 19.4 Å². The molecular formula is C22H25BrN4O4. The lowest BCUT2D eigenvalue weighted by atomic mass is 10.2. The summed E-state index contributed by atoms with van der Waals surface area (Å²) in [5, 5.41) is 14.2. The molecule has 0 radical (unpaired) electrons. The van der Waals surface area contributed by atoms with E-state index in [4.69, 9.17) is 9.47 Å². The maximum Gasteiger partial charge on any atom is 0.269 e. The number of aromatic nitrogens is 2. The fourth-order valence-electron chi connectivity index (χ4n) is 3.00. The Bertz CT molecular complexity index is 978. The first-order valence-electron chi connectivity index (χ1n) is 10.0. The van der Waals surface area contributed by atoms with Crippen LogP contribution >= 0.6 is 15.9 Å². The molecule has 9 heteroatoms. The first kappa shape index (κ1) is 22.8. The van der Waals surface area contributed by atoms with Gasteiger partial charge in [-0.25, -0.2) is 4.98 Å². The number of aryl methyl sites for hydroxylation is 1. The summed E-state index contributed by atoms with van der Waals surface area (Å²) in [6.45, 7) is 5.24. The van der Waals surface area contributed by atoms with Crippen LogP contribution in [0.1, 0.15) is 24.5 Å². The lowest BCUT2D eigenvalue weighted by molar-refractivity contribution is -0.384. The molecule has 1 heterocycles. The number of nitro benzene ring substituents is 1. The van der Waals surface area contributed by atoms with Crippen LogP contribution in [-0.2, 0) is 19.7 Å². The Kier molecular flexibility index (Phi) is 8.43. The fraction of sp³-hybridized carbons (Fsp3) is 0.318. The molecule has 0 fully saturated rings. The van der Waals surface area contributed by atoms with E-state index in [0.29, 0.717) is 24.7 Å². The van der Waals surface area contributed by atoms with E-state index in [2.05, 4.69) is 30.8 Å². The summed E-state index contributed by atoms with van der Waals surface area (Å²) in [5.41, 5.74) is 1.98. The number of benzene rings is 2. The van der Waals surface area contributed by atoms with Crippen molar-refractivity contribution in [3.8, 4) is 11.5 Å². The van der Waals surface area contributed by atoms with Crippen molar-refractivity contribution < 1.29 is 14.4 Å².